The average molecular weight is 1380 g/mol. The molecule has 0 spiro atoms. The lowest BCUT2D eigenvalue weighted by Crippen LogP contribution is -2.34. The maximum absolute atomic E-state index is 4.93. The SMILES string of the molecule is CCCCCC[n+]1ccc(-c2cc(-c3cc[n+](CCCCCC)cc3)c[n+](CCCCCC)c2)cc1.CCCCCC[n+]1ccc(-c2cc[n+](CCCCCC)cc2-c2cc[n+](CCCCCC)cc2)cc1.CCCCCC[n+]1ccc(-c2cccc(-c3cc[n+](CCCCCC)cc3)n2)cc1. The van der Waals surface area contributed by atoms with Crippen molar-refractivity contribution in [1.29, 1.82) is 0 Å². The second kappa shape index (κ2) is 49.9. The number of hydrogen-bond donors (Lipinski definition) is 0. The Labute approximate surface area is 620 Å². The Morgan fingerprint density at radius 3 is 0.716 bits per heavy atom. The minimum absolute atomic E-state index is 1.03. The second-order valence-electron chi connectivity index (χ2n) is 28.9. The summed E-state index contributed by atoms with van der Waals surface area (Å²) >= 11 is 0. The molecule has 102 heavy (non-hydrogen) atoms. The van der Waals surface area contributed by atoms with Gasteiger partial charge in [0, 0.05) is 164 Å². The normalized spacial score (nSPS) is 11.1. The third-order valence-electron chi connectivity index (χ3n) is 20.1. The van der Waals surface area contributed by atoms with Crippen LogP contribution >= 0.6 is 0 Å². The van der Waals surface area contributed by atoms with Crippen molar-refractivity contribution in [3.05, 3.63) is 202 Å². The van der Waals surface area contributed by atoms with Crippen LogP contribution in [0.2, 0.25) is 0 Å². The summed E-state index contributed by atoms with van der Waals surface area (Å²) in [5.41, 5.74) is 14.8. The van der Waals surface area contributed by atoms with Crippen molar-refractivity contribution >= 4 is 0 Å². The van der Waals surface area contributed by atoms with Gasteiger partial charge in [0.2, 0.25) is 0 Å². The Morgan fingerprint density at radius 2 is 0.431 bits per heavy atom. The molecule has 0 radical (unpaired) electrons. The van der Waals surface area contributed by atoms with E-state index in [1.807, 2.05) is 0 Å². The third kappa shape index (κ3) is 30.3. The first-order valence-electron chi connectivity index (χ1n) is 41.3. The van der Waals surface area contributed by atoms with E-state index in [4.69, 9.17) is 4.98 Å². The fourth-order valence-electron chi connectivity index (χ4n) is 13.5. The summed E-state index contributed by atoms with van der Waals surface area (Å²) in [6.45, 7) is 26.9. The number of hydrogen-bond acceptors (Lipinski definition) is 1. The zero-order valence-corrected chi connectivity index (χ0v) is 65.4. The van der Waals surface area contributed by atoms with Crippen molar-refractivity contribution in [3.63, 3.8) is 0 Å². The van der Waals surface area contributed by atoms with E-state index >= 15 is 0 Å². The van der Waals surface area contributed by atoms with Crippen LogP contribution in [0.15, 0.2) is 202 Å². The first-order valence-corrected chi connectivity index (χ1v) is 41.3. The van der Waals surface area contributed by atoms with Crippen LogP contribution in [0.25, 0.3) is 67.0 Å². The molecule has 9 aromatic rings. The number of pyridine rings is 9. The van der Waals surface area contributed by atoms with Gasteiger partial charge in [-0.05, 0) is 86.3 Å². The van der Waals surface area contributed by atoms with Crippen molar-refractivity contribution in [2.45, 2.75) is 313 Å². The molecule has 546 valence electrons. The smallest absolute Gasteiger partial charge is 0.177 e. The molecule has 9 aromatic heterocycles. The maximum atomic E-state index is 4.93. The predicted octanol–water partition coefficient (Wildman–Crippen LogP) is 21.4. The van der Waals surface area contributed by atoms with Crippen molar-refractivity contribution in [3.8, 4) is 67.0 Å². The summed E-state index contributed by atoms with van der Waals surface area (Å²) in [5, 5.41) is 0. The van der Waals surface area contributed by atoms with Crippen LogP contribution in [0, 0.1) is 0 Å². The Hall–Kier alpha value is -7.65. The number of nitrogens with zero attached hydrogens (tertiary/aromatic N) is 9. The van der Waals surface area contributed by atoms with Gasteiger partial charge in [-0.15, -0.1) is 0 Å². The summed E-state index contributed by atoms with van der Waals surface area (Å²) in [5.74, 6) is 0. The van der Waals surface area contributed by atoms with Crippen LogP contribution < -0.4 is 36.5 Å². The van der Waals surface area contributed by atoms with E-state index in [9.17, 15) is 0 Å². The van der Waals surface area contributed by atoms with E-state index in [1.54, 1.807) is 0 Å². The highest BCUT2D eigenvalue weighted by Crippen LogP contribution is 2.31. The fourth-order valence-corrected chi connectivity index (χ4v) is 13.5. The van der Waals surface area contributed by atoms with Crippen LogP contribution in [0.1, 0.15) is 261 Å². The van der Waals surface area contributed by atoms with Crippen LogP contribution in [0.3, 0.4) is 0 Å². The molecular formula is C93H137N9+8. The summed E-state index contributed by atoms with van der Waals surface area (Å²) in [4.78, 5) is 4.93. The van der Waals surface area contributed by atoms with E-state index in [-0.39, 0.29) is 0 Å². The highest BCUT2D eigenvalue weighted by Gasteiger charge is 2.18. The molecule has 9 rings (SSSR count). The van der Waals surface area contributed by atoms with Gasteiger partial charge < -0.3 is 0 Å². The van der Waals surface area contributed by atoms with Crippen LogP contribution in [-0.2, 0) is 52.4 Å². The summed E-state index contributed by atoms with van der Waals surface area (Å²) in [6.07, 6.45) is 77.5. The molecule has 9 heterocycles. The second-order valence-corrected chi connectivity index (χ2v) is 28.9. The number of aryl methyl sites for hydroxylation is 8. The van der Waals surface area contributed by atoms with Crippen LogP contribution in [-0.4, -0.2) is 4.98 Å². The molecule has 0 atom stereocenters. The lowest BCUT2D eigenvalue weighted by Gasteiger charge is -2.09. The highest BCUT2D eigenvalue weighted by molar-refractivity contribution is 5.81. The Morgan fingerprint density at radius 1 is 0.196 bits per heavy atom. The molecular weight excluding hydrogens is 1240 g/mol. The molecule has 0 bridgehead atoms. The molecule has 0 saturated heterocycles. The van der Waals surface area contributed by atoms with Gasteiger partial charge in [-0.1, -0.05) is 164 Å². The van der Waals surface area contributed by atoms with Crippen molar-refractivity contribution in [2.24, 2.45) is 0 Å². The quantitative estimate of drug-likeness (QED) is 0.0277. The third-order valence-corrected chi connectivity index (χ3v) is 20.1. The van der Waals surface area contributed by atoms with Gasteiger partial charge in [0.1, 0.15) is 52.4 Å². The van der Waals surface area contributed by atoms with Crippen LogP contribution in [0.5, 0.6) is 0 Å². The average Bonchev–Trinajstić information content (AvgIpc) is 0.807. The Balaban J connectivity index is 0.000000215. The predicted molar refractivity (Wildman–Crippen MR) is 424 cm³/mol. The number of aromatic nitrogens is 9. The Kier molecular flexibility index (Phi) is 39.9. The van der Waals surface area contributed by atoms with Crippen molar-refractivity contribution in [2.75, 3.05) is 0 Å². The molecule has 0 aromatic carbocycles. The van der Waals surface area contributed by atoms with Crippen LogP contribution in [0.4, 0.5) is 0 Å². The minimum atomic E-state index is 1.03. The van der Waals surface area contributed by atoms with E-state index in [2.05, 4.69) is 294 Å². The lowest BCUT2D eigenvalue weighted by atomic mass is 9.97. The number of rotatable bonds is 46. The van der Waals surface area contributed by atoms with E-state index in [1.165, 1.54) is 261 Å². The molecule has 0 aliphatic carbocycles. The van der Waals surface area contributed by atoms with Gasteiger partial charge in [-0.25, -0.2) is 41.5 Å². The van der Waals surface area contributed by atoms with E-state index in [0.29, 0.717) is 0 Å². The van der Waals surface area contributed by atoms with Crippen molar-refractivity contribution < 1.29 is 36.5 Å². The Bertz CT molecular complexity index is 3480. The molecule has 0 N–H and O–H groups in total. The lowest BCUT2D eigenvalue weighted by molar-refractivity contribution is -0.697. The summed E-state index contributed by atoms with van der Waals surface area (Å²) < 4.78 is 18.7. The molecule has 0 aliphatic heterocycles. The molecule has 0 saturated carbocycles. The van der Waals surface area contributed by atoms with Gasteiger partial charge >= 0.3 is 0 Å². The molecule has 9 nitrogen and oxygen atoms in total. The molecule has 0 unspecified atom stereocenters. The van der Waals surface area contributed by atoms with Gasteiger partial charge in [-0.3, -0.25) is 0 Å². The van der Waals surface area contributed by atoms with Gasteiger partial charge in [-0.2, -0.15) is 0 Å². The topological polar surface area (TPSA) is 43.9 Å². The maximum Gasteiger partial charge on any atom is 0.177 e. The molecule has 9 heteroatoms. The van der Waals surface area contributed by atoms with E-state index < -0.39 is 0 Å². The molecule has 0 aliphatic rings. The zero-order valence-electron chi connectivity index (χ0n) is 65.4. The summed E-state index contributed by atoms with van der Waals surface area (Å²) in [7, 11) is 0. The first-order chi connectivity index (χ1) is 50.3. The van der Waals surface area contributed by atoms with E-state index in [0.717, 1.165) is 63.7 Å². The molecule has 0 amide bonds. The van der Waals surface area contributed by atoms with Gasteiger partial charge in [0.05, 0.1) is 17.0 Å². The highest BCUT2D eigenvalue weighted by atomic mass is 15.0. The first kappa shape index (κ1) is 81.6. The number of unbranched alkanes of at least 4 members (excludes halogenated alkanes) is 24. The molecule has 0 fully saturated rings. The standard InChI is InChI=1S/2C33H50N3.C27H37N3/c1-4-7-10-13-21-34-24-16-30(17-25-34)32-20-28-36(23-15-12-9-6-3)29-33(32)31-18-26-35(27-19-31)22-14-11-8-5-2;1-4-7-10-13-20-34-23-16-30(17-24-34)32-27-33(29-36(28-32)22-15-12-9-6-3)31-18-25-35(26-19-31)21-14-11-8-5-2;1-3-5-7-9-18-29-20-14-24(15-21-29)26-12-11-13-27(28-26)25-16-22-30(23-17-25)19-10-8-6-4-2/h16-20,24-29H,4-15,21-23H2,1-3H3;16-19,23-29H,4-15,20-22H2,1-3H3;11-17,20-23H,3-10,18-19H2,1-2H3/q2*+3;+2. The largest absolute Gasteiger partial charge is 0.248 e. The minimum Gasteiger partial charge on any atom is -0.248 e. The van der Waals surface area contributed by atoms with Gasteiger partial charge in [0.15, 0.2) is 99.1 Å². The van der Waals surface area contributed by atoms with Crippen molar-refractivity contribution in [1.82, 2.24) is 4.98 Å². The monoisotopic (exact) mass is 1380 g/mol. The summed E-state index contributed by atoms with van der Waals surface area (Å²) in [6, 6.07) is 38.1. The zero-order chi connectivity index (χ0) is 71.9. The van der Waals surface area contributed by atoms with Gasteiger partial charge in [0.25, 0.3) is 0 Å². The fraction of sp³-hybridized carbons (Fsp3) is 0.516.